The van der Waals surface area contributed by atoms with Crippen LogP contribution in [0.3, 0.4) is 0 Å². The first-order valence-corrected chi connectivity index (χ1v) is 6.49. The minimum atomic E-state index is -0.426. The van der Waals surface area contributed by atoms with Crippen LogP contribution in [0.25, 0.3) is 10.9 Å². The molecule has 0 aliphatic carbocycles. The smallest absolute Gasteiger partial charge is 0.356 e. The Bertz CT molecular complexity index is 657. The lowest BCUT2D eigenvalue weighted by Crippen LogP contribution is -2.22. The van der Waals surface area contributed by atoms with E-state index in [1.807, 2.05) is 45.9 Å². The van der Waals surface area contributed by atoms with Gasteiger partial charge in [-0.2, -0.15) is 0 Å². The van der Waals surface area contributed by atoms with Crippen LogP contribution in [0.4, 0.5) is 0 Å². The molecule has 2 aromatic rings. The summed E-state index contributed by atoms with van der Waals surface area (Å²) in [6.07, 6.45) is 0. The predicted octanol–water partition coefficient (Wildman–Crippen LogP) is 3.51. The molecule has 0 radical (unpaired) electrons. The Labute approximate surface area is 118 Å². The average molecular weight is 273 g/mol. The summed E-state index contributed by atoms with van der Waals surface area (Å²) in [6, 6.07) is 7.40. The lowest BCUT2D eigenvalue weighted by Gasteiger charge is -2.21. The zero-order valence-corrected chi connectivity index (χ0v) is 12.5. The van der Waals surface area contributed by atoms with Crippen LogP contribution in [0.15, 0.2) is 24.3 Å². The van der Waals surface area contributed by atoms with Gasteiger partial charge in [-0.3, -0.25) is 0 Å². The second-order valence-electron chi connectivity index (χ2n) is 5.71. The highest BCUT2D eigenvalue weighted by Crippen LogP contribution is 2.26. The topological polar surface area (TPSA) is 48.4 Å². The molecular formula is C16H19NO3. The molecule has 0 atom stereocenters. The molecule has 0 N–H and O–H groups in total. The first kappa shape index (κ1) is 14.3. The molecule has 0 saturated heterocycles. The Balaban J connectivity index is 2.49. The fourth-order valence-electron chi connectivity index (χ4n) is 2.00. The van der Waals surface area contributed by atoms with Gasteiger partial charge in [0.25, 0.3) is 0 Å². The van der Waals surface area contributed by atoms with E-state index in [1.165, 1.54) is 7.11 Å². The Kier molecular flexibility index (Phi) is 3.66. The third-order valence-electron chi connectivity index (χ3n) is 2.81. The van der Waals surface area contributed by atoms with Crippen molar-refractivity contribution >= 4 is 16.9 Å². The minimum Gasteiger partial charge on any atom is -0.488 e. The predicted molar refractivity (Wildman–Crippen MR) is 78.2 cm³/mol. The van der Waals surface area contributed by atoms with Crippen molar-refractivity contribution in [2.45, 2.75) is 33.3 Å². The number of aryl methyl sites for hydroxylation is 1. The number of nitrogens with zero attached hydrogens (tertiary/aromatic N) is 1. The second kappa shape index (κ2) is 5.12. The molecule has 106 valence electrons. The second-order valence-corrected chi connectivity index (χ2v) is 5.71. The number of methoxy groups -OCH3 is 1. The molecule has 0 aliphatic heterocycles. The summed E-state index contributed by atoms with van der Waals surface area (Å²) in [7, 11) is 1.35. The summed E-state index contributed by atoms with van der Waals surface area (Å²) in [5.41, 5.74) is 1.80. The minimum absolute atomic E-state index is 0.249. The maximum Gasteiger partial charge on any atom is 0.356 e. The van der Waals surface area contributed by atoms with Gasteiger partial charge < -0.3 is 9.47 Å². The summed E-state index contributed by atoms with van der Waals surface area (Å²) < 4.78 is 10.5. The van der Waals surface area contributed by atoms with Crippen LogP contribution in [0, 0.1) is 6.92 Å². The van der Waals surface area contributed by atoms with Gasteiger partial charge in [0.15, 0.2) is 0 Å². The van der Waals surface area contributed by atoms with Crippen molar-refractivity contribution in [1.29, 1.82) is 0 Å². The van der Waals surface area contributed by atoms with Crippen molar-refractivity contribution in [2.75, 3.05) is 7.11 Å². The van der Waals surface area contributed by atoms with Crippen LogP contribution < -0.4 is 4.74 Å². The van der Waals surface area contributed by atoms with Gasteiger partial charge in [-0.25, -0.2) is 9.78 Å². The van der Waals surface area contributed by atoms with Gasteiger partial charge >= 0.3 is 5.97 Å². The van der Waals surface area contributed by atoms with Gasteiger partial charge in [0.05, 0.1) is 12.6 Å². The Morgan fingerprint density at radius 2 is 1.90 bits per heavy atom. The average Bonchev–Trinajstić information content (AvgIpc) is 2.36. The third-order valence-corrected chi connectivity index (χ3v) is 2.81. The maximum atomic E-state index is 11.6. The number of carbonyl (C=O) groups is 1. The van der Waals surface area contributed by atoms with E-state index in [2.05, 4.69) is 4.98 Å². The van der Waals surface area contributed by atoms with E-state index in [0.29, 0.717) is 5.69 Å². The molecule has 0 aliphatic rings. The highest BCUT2D eigenvalue weighted by Gasteiger charge is 2.14. The van der Waals surface area contributed by atoms with E-state index in [9.17, 15) is 4.79 Å². The fourth-order valence-corrected chi connectivity index (χ4v) is 2.00. The lowest BCUT2D eigenvalue weighted by molar-refractivity contribution is 0.0594. The van der Waals surface area contributed by atoms with Crippen molar-refractivity contribution in [3.8, 4) is 5.75 Å². The van der Waals surface area contributed by atoms with Crippen LogP contribution in [-0.2, 0) is 4.74 Å². The number of ether oxygens (including phenoxy) is 2. The molecule has 4 nitrogen and oxygen atoms in total. The zero-order chi connectivity index (χ0) is 14.9. The Morgan fingerprint density at radius 3 is 2.50 bits per heavy atom. The highest BCUT2D eigenvalue weighted by atomic mass is 16.5. The highest BCUT2D eigenvalue weighted by molar-refractivity contribution is 5.92. The van der Waals surface area contributed by atoms with Crippen molar-refractivity contribution in [3.05, 3.63) is 35.5 Å². The number of carbonyl (C=O) groups excluding carboxylic acids is 1. The molecule has 1 heterocycles. The Morgan fingerprint density at radius 1 is 1.20 bits per heavy atom. The molecule has 20 heavy (non-hydrogen) atoms. The van der Waals surface area contributed by atoms with Crippen LogP contribution in [-0.4, -0.2) is 23.7 Å². The van der Waals surface area contributed by atoms with Crippen molar-refractivity contribution in [1.82, 2.24) is 4.98 Å². The van der Waals surface area contributed by atoms with Gasteiger partial charge in [-0.05, 0) is 57.5 Å². The quantitative estimate of drug-likeness (QED) is 0.786. The van der Waals surface area contributed by atoms with Gasteiger partial charge in [0.1, 0.15) is 17.0 Å². The van der Waals surface area contributed by atoms with E-state index in [1.54, 1.807) is 6.07 Å². The van der Waals surface area contributed by atoms with Gasteiger partial charge in [0.2, 0.25) is 0 Å². The molecule has 1 aromatic carbocycles. The molecule has 0 fully saturated rings. The largest absolute Gasteiger partial charge is 0.488 e. The summed E-state index contributed by atoms with van der Waals surface area (Å²) in [6.45, 7) is 7.95. The molecule has 0 bridgehead atoms. The summed E-state index contributed by atoms with van der Waals surface area (Å²) in [5.74, 6) is 0.366. The van der Waals surface area contributed by atoms with Crippen LogP contribution in [0.1, 0.15) is 36.8 Å². The maximum absolute atomic E-state index is 11.6. The van der Waals surface area contributed by atoms with E-state index in [4.69, 9.17) is 9.47 Å². The summed E-state index contributed by atoms with van der Waals surface area (Å²) in [5, 5.41) is 0.972. The zero-order valence-electron chi connectivity index (χ0n) is 12.5. The lowest BCUT2D eigenvalue weighted by atomic mass is 10.1. The van der Waals surface area contributed by atoms with Crippen LogP contribution >= 0.6 is 0 Å². The van der Waals surface area contributed by atoms with Crippen LogP contribution in [0.2, 0.25) is 0 Å². The molecule has 0 amide bonds. The molecule has 1 aromatic heterocycles. The van der Waals surface area contributed by atoms with Crippen molar-refractivity contribution in [3.63, 3.8) is 0 Å². The third kappa shape index (κ3) is 3.07. The SMILES string of the molecule is COC(=O)c1cc(C)c2cc(OC(C)(C)C)ccc2n1. The number of fused-ring (bicyclic) bond motifs is 1. The number of benzene rings is 1. The van der Waals surface area contributed by atoms with Gasteiger partial charge in [-0.15, -0.1) is 0 Å². The first-order valence-electron chi connectivity index (χ1n) is 6.49. The molecule has 4 heteroatoms. The number of aromatic nitrogens is 1. The molecule has 0 spiro atoms. The van der Waals surface area contributed by atoms with Crippen molar-refractivity contribution < 1.29 is 14.3 Å². The normalized spacial score (nSPS) is 11.4. The standard InChI is InChI=1S/C16H19NO3/c1-10-8-14(15(18)19-5)17-13-7-6-11(9-12(10)13)20-16(2,3)4/h6-9H,1-5H3. The monoisotopic (exact) mass is 273 g/mol. The summed E-state index contributed by atoms with van der Waals surface area (Å²) >= 11 is 0. The number of pyridine rings is 1. The molecule has 0 saturated carbocycles. The summed E-state index contributed by atoms with van der Waals surface area (Å²) in [4.78, 5) is 15.9. The first-order chi connectivity index (χ1) is 9.30. The number of hydrogen-bond donors (Lipinski definition) is 0. The number of esters is 1. The molecular weight excluding hydrogens is 254 g/mol. The van der Waals surface area contributed by atoms with Crippen molar-refractivity contribution in [2.24, 2.45) is 0 Å². The number of hydrogen-bond acceptors (Lipinski definition) is 4. The Hall–Kier alpha value is -2.10. The van der Waals surface area contributed by atoms with E-state index in [-0.39, 0.29) is 5.60 Å². The molecule has 2 rings (SSSR count). The van der Waals surface area contributed by atoms with Crippen LogP contribution in [0.5, 0.6) is 5.75 Å². The van der Waals surface area contributed by atoms with Gasteiger partial charge in [0, 0.05) is 5.39 Å². The van der Waals surface area contributed by atoms with E-state index >= 15 is 0 Å². The van der Waals surface area contributed by atoms with E-state index < -0.39 is 5.97 Å². The fraction of sp³-hybridized carbons (Fsp3) is 0.375. The molecule has 0 unspecified atom stereocenters. The number of rotatable bonds is 2. The van der Waals surface area contributed by atoms with E-state index in [0.717, 1.165) is 22.2 Å². The van der Waals surface area contributed by atoms with Gasteiger partial charge in [-0.1, -0.05) is 0 Å².